The highest BCUT2D eigenvalue weighted by Crippen LogP contribution is 2.26. The zero-order valence-corrected chi connectivity index (χ0v) is 10.6. The maximum atomic E-state index is 13.6. The first-order valence-electron chi connectivity index (χ1n) is 6.13. The van der Waals surface area contributed by atoms with Crippen molar-refractivity contribution >= 4 is 5.78 Å². The van der Waals surface area contributed by atoms with Crippen molar-refractivity contribution in [1.82, 2.24) is 0 Å². The Hall–Kier alpha value is -2.00. The van der Waals surface area contributed by atoms with Crippen LogP contribution in [0.15, 0.2) is 54.6 Å². The molecular formula is C16H15FO2. The third kappa shape index (κ3) is 2.88. The van der Waals surface area contributed by atoms with Crippen molar-refractivity contribution < 1.29 is 14.3 Å². The number of hydrogen-bond acceptors (Lipinski definition) is 2. The zero-order chi connectivity index (χ0) is 13.8. The molecule has 0 aromatic heterocycles. The topological polar surface area (TPSA) is 37.3 Å². The molecule has 2 unspecified atom stereocenters. The van der Waals surface area contributed by atoms with E-state index in [1.807, 2.05) is 6.07 Å². The molecule has 1 N–H and O–H groups in total. The molecule has 2 aromatic rings. The number of hydrogen-bond donors (Lipinski definition) is 1. The van der Waals surface area contributed by atoms with Crippen LogP contribution in [0.4, 0.5) is 4.39 Å². The number of ketones is 1. The minimum absolute atomic E-state index is 0.152. The van der Waals surface area contributed by atoms with E-state index in [0.717, 1.165) is 0 Å². The van der Waals surface area contributed by atoms with Gasteiger partial charge in [-0.3, -0.25) is 4.79 Å². The predicted octanol–water partition coefficient (Wildman–Crippen LogP) is 3.38. The summed E-state index contributed by atoms with van der Waals surface area (Å²) in [5.41, 5.74) is 0.671. The summed E-state index contributed by atoms with van der Waals surface area (Å²) in [5, 5.41) is 10.1. The van der Waals surface area contributed by atoms with Gasteiger partial charge in [-0.15, -0.1) is 0 Å². The molecule has 3 heteroatoms. The smallest absolute Gasteiger partial charge is 0.168 e. The lowest BCUT2D eigenvalue weighted by Gasteiger charge is -2.18. The monoisotopic (exact) mass is 258 g/mol. The third-order valence-corrected chi connectivity index (χ3v) is 3.17. The molecule has 0 aliphatic heterocycles. The molecular weight excluding hydrogens is 243 g/mol. The second-order valence-electron chi connectivity index (χ2n) is 4.49. The molecule has 0 heterocycles. The van der Waals surface area contributed by atoms with Gasteiger partial charge in [-0.25, -0.2) is 4.39 Å². The Morgan fingerprint density at radius 3 is 2.26 bits per heavy atom. The van der Waals surface area contributed by atoms with Crippen LogP contribution in [0.3, 0.4) is 0 Å². The lowest BCUT2D eigenvalue weighted by atomic mass is 9.90. The summed E-state index contributed by atoms with van der Waals surface area (Å²) in [6.45, 7) is 1.60. The van der Waals surface area contributed by atoms with Gasteiger partial charge < -0.3 is 5.11 Å². The maximum Gasteiger partial charge on any atom is 0.168 e. The number of aliphatic hydroxyl groups excluding tert-OH is 1. The van der Waals surface area contributed by atoms with Crippen LogP contribution >= 0.6 is 0 Å². The summed E-state index contributed by atoms with van der Waals surface area (Å²) >= 11 is 0. The lowest BCUT2D eigenvalue weighted by Crippen LogP contribution is -2.20. The van der Waals surface area contributed by atoms with E-state index in [-0.39, 0.29) is 11.3 Å². The Balaban J connectivity index is 2.23. The number of Topliss-reactive ketones (excluding diaryl/α,β-unsaturated/α-hetero) is 1. The fourth-order valence-corrected chi connectivity index (χ4v) is 1.99. The summed E-state index contributed by atoms with van der Waals surface area (Å²) in [6.07, 6.45) is -1.14. The highest BCUT2D eigenvalue weighted by molar-refractivity contribution is 5.98. The molecule has 0 saturated heterocycles. The number of carbonyl (C=O) groups excluding carboxylic acids is 1. The molecule has 2 nitrogen and oxygen atoms in total. The summed E-state index contributed by atoms with van der Waals surface area (Å²) in [7, 11) is 0. The first kappa shape index (κ1) is 13.4. The van der Waals surface area contributed by atoms with Crippen molar-refractivity contribution in [2.45, 2.75) is 13.0 Å². The van der Waals surface area contributed by atoms with E-state index < -0.39 is 17.8 Å². The molecule has 0 amide bonds. The van der Waals surface area contributed by atoms with Gasteiger partial charge in [0.1, 0.15) is 5.82 Å². The van der Waals surface area contributed by atoms with Crippen LogP contribution in [0.5, 0.6) is 0 Å². The Bertz CT molecular complexity index is 566. The molecule has 2 aromatic carbocycles. The number of aliphatic hydroxyl groups is 1. The standard InChI is InChI=1S/C16H15FO2/c1-11(15(18)12-7-3-2-4-8-12)16(19)13-9-5-6-10-14(13)17/h2-11,16,19H,1H3. The van der Waals surface area contributed by atoms with Crippen molar-refractivity contribution in [1.29, 1.82) is 0 Å². The van der Waals surface area contributed by atoms with E-state index in [1.165, 1.54) is 12.1 Å². The normalized spacial score (nSPS) is 13.8. The second kappa shape index (κ2) is 5.76. The van der Waals surface area contributed by atoms with Gasteiger partial charge >= 0.3 is 0 Å². The van der Waals surface area contributed by atoms with Gasteiger partial charge in [-0.2, -0.15) is 0 Å². The fraction of sp³-hybridized carbons (Fsp3) is 0.188. The predicted molar refractivity (Wildman–Crippen MR) is 71.3 cm³/mol. The molecule has 0 bridgehead atoms. The van der Waals surface area contributed by atoms with E-state index >= 15 is 0 Å². The van der Waals surface area contributed by atoms with Gasteiger partial charge in [0.25, 0.3) is 0 Å². The van der Waals surface area contributed by atoms with Crippen LogP contribution in [-0.2, 0) is 0 Å². The first-order chi connectivity index (χ1) is 9.11. The molecule has 98 valence electrons. The van der Waals surface area contributed by atoms with E-state index in [9.17, 15) is 14.3 Å². The Morgan fingerprint density at radius 2 is 1.63 bits per heavy atom. The molecule has 0 aliphatic rings. The fourth-order valence-electron chi connectivity index (χ4n) is 1.99. The summed E-state index contributed by atoms with van der Waals surface area (Å²) in [6, 6.07) is 14.7. The Kier molecular flexibility index (Phi) is 4.07. The average molecular weight is 258 g/mol. The van der Waals surface area contributed by atoms with Crippen LogP contribution in [0.2, 0.25) is 0 Å². The number of carbonyl (C=O) groups is 1. The van der Waals surface area contributed by atoms with Crippen molar-refractivity contribution in [2.75, 3.05) is 0 Å². The van der Waals surface area contributed by atoms with Gasteiger partial charge in [0, 0.05) is 17.0 Å². The molecule has 0 spiro atoms. The summed E-state index contributed by atoms with van der Waals surface area (Å²) in [5.74, 6) is -1.39. The van der Waals surface area contributed by atoms with E-state index in [2.05, 4.69) is 0 Å². The molecule has 0 aliphatic carbocycles. The molecule has 0 fully saturated rings. The van der Waals surface area contributed by atoms with Crippen molar-refractivity contribution in [3.8, 4) is 0 Å². The number of rotatable bonds is 4. The van der Waals surface area contributed by atoms with Gasteiger partial charge in [0.05, 0.1) is 6.10 Å². The third-order valence-electron chi connectivity index (χ3n) is 3.17. The van der Waals surface area contributed by atoms with Crippen LogP contribution < -0.4 is 0 Å². The summed E-state index contributed by atoms with van der Waals surface area (Å²) in [4.78, 5) is 12.2. The Morgan fingerprint density at radius 1 is 1.05 bits per heavy atom. The molecule has 2 atom stereocenters. The Labute approximate surface area is 111 Å². The van der Waals surface area contributed by atoms with Gasteiger partial charge in [0.2, 0.25) is 0 Å². The quantitative estimate of drug-likeness (QED) is 0.854. The van der Waals surface area contributed by atoms with E-state index in [4.69, 9.17) is 0 Å². The first-order valence-corrected chi connectivity index (χ1v) is 6.13. The number of benzene rings is 2. The van der Waals surface area contributed by atoms with Gasteiger partial charge in [-0.1, -0.05) is 55.5 Å². The minimum atomic E-state index is -1.14. The van der Waals surface area contributed by atoms with Crippen molar-refractivity contribution in [3.63, 3.8) is 0 Å². The molecule has 19 heavy (non-hydrogen) atoms. The van der Waals surface area contributed by atoms with E-state index in [1.54, 1.807) is 43.3 Å². The van der Waals surface area contributed by atoms with Gasteiger partial charge in [-0.05, 0) is 6.07 Å². The van der Waals surface area contributed by atoms with E-state index in [0.29, 0.717) is 5.56 Å². The van der Waals surface area contributed by atoms with Crippen molar-refractivity contribution in [2.24, 2.45) is 5.92 Å². The summed E-state index contributed by atoms with van der Waals surface area (Å²) < 4.78 is 13.6. The molecule has 0 saturated carbocycles. The maximum absolute atomic E-state index is 13.6. The second-order valence-corrected chi connectivity index (χ2v) is 4.49. The zero-order valence-electron chi connectivity index (χ0n) is 10.6. The van der Waals surface area contributed by atoms with Gasteiger partial charge in [0.15, 0.2) is 5.78 Å². The van der Waals surface area contributed by atoms with Crippen LogP contribution in [0, 0.1) is 11.7 Å². The number of halogens is 1. The van der Waals surface area contributed by atoms with Crippen LogP contribution in [0.1, 0.15) is 28.9 Å². The molecule has 2 rings (SSSR count). The minimum Gasteiger partial charge on any atom is -0.388 e. The average Bonchev–Trinajstić information content (AvgIpc) is 2.46. The highest BCUT2D eigenvalue weighted by Gasteiger charge is 2.26. The highest BCUT2D eigenvalue weighted by atomic mass is 19.1. The molecule has 0 radical (unpaired) electrons. The largest absolute Gasteiger partial charge is 0.388 e. The van der Waals surface area contributed by atoms with Crippen LogP contribution in [0.25, 0.3) is 0 Å². The van der Waals surface area contributed by atoms with Crippen LogP contribution in [-0.4, -0.2) is 10.9 Å². The lowest BCUT2D eigenvalue weighted by molar-refractivity contribution is 0.0704. The SMILES string of the molecule is CC(C(=O)c1ccccc1)C(O)c1ccccc1F. The van der Waals surface area contributed by atoms with Crippen molar-refractivity contribution in [3.05, 3.63) is 71.5 Å².